The zero-order chi connectivity index (χ0) is 14.1. The van der Waals surface area contributed by atoms with Crippen molar-refractivity contribution in [2.24, 2.45) is 5.92 Å². The third-order valence-corrected chi connectivity index (χ3v) is 6.84. The van der Waals surface area contributed by atoms with E-state index in [0.29, 0.717) is 0 Å². The van der Waals surface area contributed by atoms with Crippen LogP contribution in [0.5, 0.6) is 0 Å². The van der Waals surface area contributed by atoms with Crippen LogP contribution in [0.25, 0.3) is 0 Å². The van der Waals surface area contributed by atoms with Crippen LogP contribution < -0.4 is 0 Å². The first-order valence-corrected chi connectivity index (χ1v) is 9.80. The highest BCUT2D eigenvalue weighted by atomic mass is 32.1. The molecule has 0 radical (unpaired) electrons. The maximum Gasteiger partial charge on any atom is 0.0332 e. The molecule has 2 nitrogen and oxygen atoms in total. The molecule has 0 spiro atoms. The lowest BCUT2D eigenvalue weighted by molar-refractivity contribution is -0.00325. The van der Waals surface area contributed by atoms with Gasteiger partial charge in [0.05, 0.1) is 0 Å². The van der Waals surface area contributed by atoms with Gasteiger partial charge >= 0.3 is 0 Å². The SMILES string of the molecule is c1csc(CN2CCN3CCCC3C2C2CCCCC2)c1. The van der Waals surface area contributed by atoms with Crippen LogP contribution in [-0.4, -0.2) is 41.5 Å². The van der Waals surface area contributed by atoms with E-state index in [-0.39, 0.29) is 0 Å². The topological polar surface area (TPSA) is 6.48 Å². The van der Waals surface area contributed by atoms with Gasteiger partial charge in [-0.25, -0.2) is 0 Å². The minimum absolute atomic E-state index is 0.837. The quantitative estimate of drug-likeness (QED) is 0.833. The first-order valence-electron chi connectivity index (χ1n) is 8.92. The van der Waals surface area contributed by atoms with Gasteiger partial charge in [0.2, 0.25) is 0 Å². The van der Waals surface area contributed by atoms with E-state index in [1.165, 1.54) is 71.1 Å². The van der Waals surface area contributed by atoms with Crippen LogP contribution in [0.1, 0.15) is 49.8 Å². The molecular weight excluding hydrogens is 276 g/mol. The van der Waals surface area contributed by atoms with Crippen molar-refractivity contribution in [2.45, 2.75) is 63.6 Å². The summed E-state index contributed by atoms with van der Waals surface area (Å²) in [6, 6.07) is 6.23. The molecule has 21 heavy (non-hydrogen) atoms. The molecule has 2 unspecified atom stereocenters. The lowest BCUT2D eigenvalue weighted by atomic mass is 9.78. The predicted molar refractivity (Wildman–Crippen MR) is 89.7 cm³/mol. The molecule has 0 bridgehead atoms. The van der Waals surface area contributed by atoms with E-state index < -0.39 is 0 Å². The molecule has 1 aromatic heterocycles. The molecule has 3 aliphatic rings. The van der Waals surface area contributed by atoms with Crippen LogP contribution in [0.3, 0.4) is 0 Å². The molecule has 3 heteroatoms. The molecule has 4 rings (SSSR count). The van der Waals surface area contributed by atoms with Crippen molar-refractivity contribution in [1.29, 1.82) is 0 Å². The van der Waals surface area contributed by atoms with Crippen LogP contribution in [0.2, 0.25) is 0 Å². The molecule has 2 saturated heterocycles. The van der Waals surface area contributed by atoms with Crippen LogP contribution in [0, 0.1) is 5.92 Å². The average molecular weight is 305 g/mol. The van der Waals surface area contributed by atoms with Crippen molar-refractivity contribution in [3.8, 4) is 0 Å². The Morgan fingerprint density at radius 3 is 2.71 bits per heavy atom. The highest BCUT2D eigenvalue weighted by Crippen LogP contribution is 2.38. The van der Waals surface area contributed by atoms with Crippen molar-refractivity contribution in [3.05, 3.63) is 22.4 Å². The van der Waals surface area contributed by atoms with Gasteiger partial charge in [0.1, 0.15) is 0 Å². The van der Waals surface area contributed by atoms with Gasteiger partial charge in [0.25, 0.3) is 0 Å². The number of hydrogen-bond acceptors (Lipinski definition) is 3. The number of thiophene rings is 1. The van der Waals surface area contributed by atoms with Crippen molar-refractivity contribution in [3.63, 3.8) is 0 Å². The van der Waals surface area contributed by atoms with Gasteiger partial charge < -0.3 is 0 Å². The number of piperazine rings is 1. The molecule has 116 valence electrons. The molecule has 2 atom stereocenters. The smallest absolute Gasteiger partial charge is 0.0332 e. The Balaban J connectivity index is 1.54. The van der Waals surface area contributed by atoms with Gasteiger partial charge in [-0.1, -0.05) is 25.3 Å². The molecule has 1 aromatic rings. The van der Waals surface area contributed by atoms with E-state index >= 15 is 0 Å². The molecule has 3 fully saturated rings. The molecule has 1 aliphatic carbocycles. The predicted octanol–water partition coefficient (Wildman–Crippen LogP) is 3.98. The van der Waals surface area contributed by atoms with Gasteiger partial charge in [-0.05, 0) is 49.6 Å². The van der Waals surface area contributed by atoms with Crippen molar-refractivity contribution < 1.29 is 0 Å². The summed E-state index contributed by atoms with van der Waals surface area (Å²) in [6.45, 7) is 5.15. The highest BCUT2D eigenvalue weighted by Gasteiger charge is 2.42. The van der Waals surface area contributed by atoms with Crippen molar-refractivity contribution >= 4 is 11.3 Å². The van der Waals surface area contributed by atoms with Crippen LogP contribution in [0.15, 0.2) is 17.5 Å². The van der Waals surface area contributed by atoms with Crippen molar-refractivity contribution in [2.75, 3.05) is 19.6 Å². The first kappa shape index (κ1) is 14.2. The standard InChI is InChI=1S/C18H28N2S/c1-2-6-15(7-3-1)18-17-9-4-10-19(17)11-12-20(18)14-16-8-5-13-21-16/h5,8,13,15,17-18H,1-4,6-7,9-12,14H2. The number of nitrogens with zero attached hydrogens (tertiary/aromatic N) is 2. The fraction of sp³-hybridized carbons (Fsp3) is 0.778. The van der Waals surface area contributed by atoms with Gasteiger partial charge in [-0.2, -0.15) is 0 Å². The summed E-state index contributed by atoms with van der Waals surface area (Å²) in [7, 11) is 0. The maximum absolute atomic E-state index is 2.86. The third kappa shape index (κ3) is 2.93. The number of rotatable bonds is 3. The fourth-order valence-corrected chi connectivity index (χ4v) is 5.77. The van der Waals surface area contributed by atoms with E-state index in [1.807, 2.05) is 11.3 Å². The molecule has 0 aromatic carbocycles. The monoisotopic (exact) mass is 304 g/mol. The van der Waals surface area contributed by atoms with Crippen molar-refractivity contribution in [1.82, 2.24) is 9.80 Å². The Hall–Kier alpha value is -0.380. The second-order valence-corrected chi connectivity index (χ2v) is 8.22. The lowest BCUT2D eigenvalue weighted by Gasteiger charge is -2.49. The van der Waals surface area contributed by atoms with Crippen LogP contribution in [0.4, 0.5) is 0 Å². The second-order valence-electron chi connectivity index (χ2n) is 7.18. The Kier molecular flexibility index (Phi) is 4.33. The van der Waals surface area contributed by atoms with Crippen LogP contribution in [-0.2, 0) is 6.54 Å². The maximum atomic E-state index is 2.86. The van der Waals surface area contributed by atoms with Crippen LogP contribution >= 0.6 is 11.3 Å². The third-order valence-electron chi connectivity index (χ3n) is 5.98. The van der Waals surface area contributed by atoms with E-state index in [0.717, 1.165) is 18.0 Å². The zero-order valence-corrected chi connectivity index (χ0v) is 13.9. The van der Waals surface area contributed by atoms with Gasteiger partial charge in [-0.15, -0.1) is 11.3 Å². The minimum atomic E-state index is 0.837. The Labute approximate surface area is 133 Å². The molecule has 0 N–H and O–H groups in total. The van der Waals surface area contributed by atoms with Gasteiger partial charge in [0, 0.05) is 36.6 Å². The summed E-state index contributed by atoms with van der Waals surface area (Å²) in [5.41, 5.74) is 0. The summed E-state index contributed by atoms with van der Waals surface area (Å²) in [6.07, 6.45) is 10.3. The Bertz CT molecular complexity index is 438. The molecule has 3 heterocycles. The molecular formula is C18H28N2S. The summed E-state index contributed by atoms with van der Waals surface area (Å²) in [5, 5.41) is 2.23. The molecule has 2 aliphatic heterocycles. The van der Waals surface area contributed by atoms with E-state index in [4.69, 9.17) is 0 Å². The van der Waals surface area contributed by atoms with E-state index in [1.54, 1.807) is 4.88 Å². The average Bonchev–Trinajstić information content (AvgIpc) is 3.19. The fourth-order valence-electron chi connectivity index (χ4n) is 5.04. The van der Waals surface area contributed by atoms with E-state index in [2.05, 4.69) is 27.3 Å². The minimum Gasteiger partial charge on any atom is -0.298 e. The van der Waals surface area contributed by atoms with Gasteiger partial charge in [0.15, 0.2) is 0 Å². The number of hydrogen-bond donors (Lipinski definition) is 0. The summed E-state index contributed by atoms with van der Waals surface area (Å²) in [5.74, 6) is 0.963. The van der Waals surface area contributed by atoms with E-state index in [9.17, 15) is 0 Å². The summed E-state index contributed by atoms with van der Waals surface area (Å²) < 4.78 is 0. The lowest BCUT2D eigenvalue weighted by Crippen LogP contribution is -2.59. The largest absolute Gasteiger partial charge is 0.298 e. The Morgan fingerprint density at radius 1 is 1.00 bits per heavy atom. The Morgan fingerprint density at radius 2 is 1.90 bits per heavy atom. The summed E-state index contributed by atoms with van der Waals surface area (Å²) >= 11 is 1.94. The number of fused-ring (bicyclic) bond motifs is 1. The summed E-state index contributed by atoms with van der Waals surface area (Å²) in [4.78, 5) is 7.22. The normalized spacial score (nSPS) is 32.4. The molecule has 0 amide bonds. The highest BCUT2D eigenvalue weighted by molar-refractivity contribution is 7.09. The first-order chi connectivity index (χ1) is 10.4. The zero-order valence-electron chi connectivity index (χ0n) is 13.0. The second kappa shape index (κ2) is 6.39. The molecule has 1 saturated carbocycles. The van der Waals surface area contributed by atoms with Gasteiger partial charge in [-0.3, -0.25) is 9.80 Å².